The zero-order chi connectivity index (χ0) is 6.91. The van der Waals surface area contributed by atoms with E-state index in [4.69, 9.17) is 5.73 Å². The Morgan fingerprint density at radius 1 is 1.56 bits per heavy atom. The van der Waals surface area contributed by atoms with Gasteiger partial charge in [-0.2, -0.15) is 0 Å². The number of hydrogen-bond acceptors (Lipinski definition) is 1. The van der Waals surface area contributed by atoms with Crippen LogP contribution in [-0.4, -0.2) is 12.5 Å². The Morgan fingerprint density at radius 2 is 2.22 bits per heavy atom. The van der Waals surface area contributed by atoms with Gasteiger partial charge in [-0.3, -0.25) is 0 Å². The predicted octanol–water partition coefficient (Wildman–Crippen LogP) is 1.38. The van der Waals surface area contributed by atoms with Gasteiger partial charge in [-0.15, -0.1) is 0 Å². The molecule has 1 fully saturated rings. The highest BCUT2D eigenvalue weighted by molar-refractivity contribution is 4.84. The molecule has 2 N–H and O–H groups in total. The zero-order valence-electron chi connectivity index (χ0n) is 5.24. The third kappa shape index (κ3) is 1.21. The molecule has 1 aliphatic carbocycles. The van der Waals surface area contributed by atoms with Crippen molar-refractivity contribution in [1.82, 2.24) is 0 Å². The summed E-state index contributed by atoms with van der Waals surface area (Å²) in [7, 11) is 0. The third-order valence-corrected chi connectivity index (χ3v) is 1.94. The number of alkyl halides is 2. The average Bonchev–Trinajstić information content (AvgIpc) is 2.08. The lowest BCUT2D eigenvalue weighted by Gasteiger charge is -2.15. The molecule has 0 aromatic carbocycles. The lowest BCUT2D eigenvalue weighted by Crippen LogP contribution is -2.28. The molecular weight excluding hydrogens is 124 g/mol. The van der Waals surface area contributed by atoms with Crippen molar-refractivity contribution in [3.05, 3.63) is 0 Å². The standard InChI is InChI=1S/C6H11F2N/c7-6(8)3-1-2-5(6)4-9/h5H,1-4,9H2/t5-/m1/s1. The van der Waals surface area contributed by atoms with E-state index in [1.165, 1.54) is 0 Å². The van der Waals surface area contributed by atoms with Gasteiger partial charge in [0.2, 0.25) is 0 Å². The Bertz CT molecular complexity index is 103. The fraction of sp³-hybridized carbons (Fsp3) is 1.00. The molecule has 1 atom stereocenters. The Morgan fingerprint density at radius 3 is 2.44 bits per heavy atom. The maximum Gasteiger partial charge on any atom is 0.252 e. The van der Waals surface area contributed by atoms with E-state index >= 15 is 0 Å². The van der Waals surface area contributed by atoms with E-state index in [0.29, 0.717) is 12.8 Å². The van der Waals surface area contributed by atoms with Gasteiger partial charge in [0.25, 0.3) is 5.92 Å². The molecule has 1 saturated carbocycles. The maximum atomic E-state index is 12.5. The number of nitrogens with two attached hydrogens (primary N) is 1. The van der Waals surface area contributed by atoms with Crippen LogP contribution in [-0.2, 0) is 0 Å². The van der Waals surface area contributed by atoms with E-state index in [0.717, 1.165) is 0 Å². The van der Waals surface area contributed by atoms with Gasteiger partial charge in [0.05, 0.1) is 0 Å². The second-order valence-electron chi connectivity index (χ2n) is 2.59. The van der Waals surface area contributed by atoms with Crippen LogP contribution in [0.4, 0.5) is 8.78 Å². The summed E-state index contributed by atoms with van der Waals surface area (Å²) in [5.41, 5.74) is 5.13. The van der Waals surface area contributed by atoms with E-state index in [-0.39, 0.29) is 13.0 Å². The summed E-state index contributed by atoms with van der Waals surface area (Å²) in [6, 6.07) is 0. The van der Waals surface area contributed by atoms with Crippen LogP contribution in [0.2, 0.25) is 0 Å². The second-order valence-corrected chi connectivity index (χ2v) is 2.59. The summed E-state index contributed by atoms with van der Waals surface area (Å²) in [5.74, 6) is -3.01. The summed E-state index contributed by atoms with van der Waals surface area (Å²) in [5, 5.41) is 0. The van der Waals surface area contributed by atoms with Crippen molar-refractivity contribution < 1.29 is 8.78 Å². The van der Waals surface area contributed by atoms with Crippen LogP contribution in [0.1, 0.15) is 19.3 Å². The van der Waals surface area contributed by atoms with Gasteiger partial charge in [0, 0.05) is 18.9 Å². The van der Waals surface area contributed by atoms with E-state index in [1.807, 2.05) is 0 Å². The quantitative estimate of drug-likeness (QED) is 0.577. The molecule has 1 aliphatic rings. The molecule has 0 radical (unpaired) electrons. The Kier molecular flexibility index (Phi) is 1.70. The molecule has 0 bridgehead atoms. The molecule has 0 unspecified atom stereocenters. The van der Waals surface area contributed by atoms with Crippen molar-refractivity contribution in [3.63, 3.8) is 0 Å². The van der Waals surface area contributed by atoms with Crippen LogP contribution in [0.5, 0.6) is 0 Å². The number of halogens is 2. The van der Waals surface area contributed by atoms with Crippen LogP contribution >= 0.6 is 0 Å². The molecular formula is C6H11F2N. The van der Waals surface area contributed by atoms with Gasteiger partial charge in [0.1, 0.15) is 0 Å². The van der Waals surface area contributed by atoms with Crippen molar-refractivity contribution in [1.29, 1.82) is 0 Å². The summed E-state index contributed by atoms with van der Waals surface area (Å²) >= 11 is 0. The second kappa shape index (κ2) is 2.21. The molecule has 0 aliphatic heterocycles. The van der Waals surface area contributed by atoms with E-state index < -0.39 is 11.8 Å². The monoisotopic (exact) mass is 135 g/mol. The molecule has 0 heterocycles. The number of hydrogen-bond donors (Lipinski definition) is 1. The minimum atomic E-state index is -2.46. The van der Waals surface area contributed by atoms with Crippen molar-refractivity contribution in [2.24, 2.45) is 11.7 Å². The largest absolute Gasteiger partial charge is 0.330 e. The minimum Gasteiger partial charge on any atom is -0.330 e. The molecule has 0 aromatic heterocycles. The molecule has 0 amide bonds. The third-order valence-electron chi connectivity index (χ3n) is 1.94. The summed E-state index contributed by atoms with van der Waals surface area (Å²) in [6.07, 6.45) is 1.27. The predicted molar refractivity (Wildman–Crippen MR) is 31.3 cm³/mol. The number of rotatable bonds is 1. The molecule has 1 nitrogen and oxygen atoms in total. The Hall–Kier alpha value is -0.180. The molecule has 0 aromatic rings. The van der Waals surface area contributed by atoms with E-state index in [2.05, 4.69) is 0 Å². The first-order chi connectivity index (χ1) is 4.17. The summed E-state index contributed by atoms with van der Waals surface area (Å²) < 4.78 is 25.1. The van der Waals surface area contributed by atoms with E-state index in [9.17, 15) is 8.78 Å². The van der Waals surface area contributed by atoms with Gasteiger partial charge in [0.15, 0.2) is 0 Å². The molecule has 9 heavy (non-hydrogen) atoms. The molecule has 3 heteroatoms. The lowest BCUT2D eigenvalue weighted by atomic mass is 10.1. The maximum absolute atomic E-state index is 12.5. The van der Waals surface area contributed by atoms with Crippen LogP contribution in [0.15, 0.2) is 0 Å². The first-order valence-electron chi connectivity index (χ1n) is 3.24. The van der Waals surface area contributed by atoms with Gasteiger partial charge in [-0.05, 0) is 12.8 Å². The van der Waals surface area contributed by atoms with Crippen molar-refractivity contribution >= 4 is 0 Å². The SMILES string of the molecule is NC[C@H]1CCCC1(F)F. The highest BCUT2D eigenvalue weighted by Crippen LogP contribution is 2.39. The Labute approximate surface area is 53.2 Å². The fourth-order valence-electron chi connectivity index (χ4n) is 1.29. The van der Waals surface area contributed by atoms with Gasteiger partial charge in [-0.25, -0.2) is 8.78 Å². The molecule has 0 spiro atoms. The van der Waals surface area contributed by atoms with Crippen LogP contribution < -0.4 is 5.73 Å². The normalized spacial score (nSPS) is 33.0. The van der Waals surface area contributed by atoms with Gasteiger partial charge >= 0.3 is 0 Å². The Balaban J connectivity index is 2.52. The highest BCUT2D eigenvalue weighted by Gasteiger charge is 2.42. The average molecular weight is 135 g/mol. The minimum absolute atomic E-state index is 0.0366. The summed E-state index contributed by atoms with van der Waals surface area (Å²) in [6.45, 7) is 0.132. The molecule has 1 rings (SSSR count). The van der Waals surface area contributed by atoms with Crippen LogP contribution in [0.25, 0.3) is 0 Å². The van der Waals surface area contributed by atoms with Crippen molar-refractivity contribution in [3.8, 4) is 0 Å². The lowest BCUT2D eigenvalue weighted by molar-refractivity contribution is -0.0331. The van der Waals surface area contributed by atoms with Crippen LogP contribution in [0, 0.1) is 5.92 Å². The first kappa shape index (κ1) is 6.93. The van der Waals surface area contributed by atoms with Gasteiger partial charge in [-0.1, -0.05) is 0 Å². The zero-order valence-corrected chi connectivity index (χ0v) is 5.24. The fourth-order valence-corrected chi connectivity index (χ4v) is 1.29. The van der Waals surface area contributed by atoms with Gasteiger partial charge < -0.3 is 5.73 Å². The molecule has 0 saturated heterocycles. The van der Waals surface area contributed by atoms with Crippen molar-refractivity contribution in [2.45, 2.75) is 25.2 Å². The smallest absolute Gasteiger partial charge is 0.252 e. The van der Waals surface area contributed by atoms with Crippen molar-refractivity contribution in [2.75, 3.05) is 6.54 Å². The highest BCUT2D eigenvalue weighted by atomic mass is 19.3. The first-order valence-corrected chi connectivity index (χ1v) is 3.24. The molecule has 54 valence electrons. The van der Waals surface area contributed by atoms with E-state index in [1.54, 1.807) is 0 Å². The summed E-state index contributed by atoms with van der Waals surface area (Å²) in [4.78, 5) is 0. The van der Waals surface area contributed by atoms with Crippen LogP contribution in [0.3, 0.4) is 0 Å². The topological polar surface area (TPSA) is 26.0 Å².